The lowest BCUT2D eigenvalue weighted by atomic mass is 10.2. The molecule has 0 radical (unpaired) electrons. The van der Waals surface area contributed by atoms with Crippen LogP contribution in [0.4, 0.5) is 10.1 Å². The summed E-state index contributed by atoms with van der Waals surface area (Å²) in [4.78, 5) is 16.6. The third kappa shape index (κ3) is 3.99. The van der Waals surface area contributed by atoms with Crippen LogP contribution in [0.1, 0.15) is 6.42 Å². The van der Waals surface area contributed by atoms with Crippen molar-refractivity contribution in [1.29, 1.82) is 0 Å². The fourth-order valence-electron chi connectivity index (χ4n) is 2.14. The molecule has 0 saturated carbocycles. The number of aromatic nitrogens is 3. The zero-order chi connectivity index (χ0) is 16.8. The Balaban J connectivity index is 1.59. The van der Waals surface area contributed by atoms with Gasteiger partial charge in [0.2, 0.25) is 5.91 Å². The van der Waals surface area contributed by atoms with E-state index >= 15 is 0 Å². The number of carbonyl (C=O) groups excluding carboxylic acids is 1. The average molecular weight is 342 g/mol. The maximum absolute atomic E-state index is 13.5. The van der Waals surface area contributed by atoms with Crippen molar-refractivity contribution >= 4 is 23.4 Å². The summed E-state index contributed by atoms with van der Waals surface area (Å²) in [6.07, 6.45) is 3.29. The van der Waals surface area contributed by atoms with Crippen molar-refractivity contribution in [1.82, 2.24) is 14.8 Å². The summed E-state index contributed by atoms with van der Waals surface area (Å²) >= 11 is 1.32. The van der Waals surface area contributed by atoms with Gasteiger partial charge in [0.1, 0.15) is 18.5 Å². The van der Waals surface area contributed by atoms with Crippen LogP contribution in [0.25, 0.3) is 5.69 Å². The van der Waals surface area contributed by atoms with Crippen LogP contribution in [-0.2, 0) is 4.79 Å². The van der Waals surface area contributed by atoms with E-state index in [0.717, 1.165) is 5.69 Å². The predicted octanol–water partition coefficient (Wildman–Crippen LogP) is 3.53. The molecule has 0 saturated heterocycles. The average Bonchev–Trinajstić information content (AvgIpc) is 3.11. The summed E-state index contributed by atoms with van der Waals surface area (Å²) in [6.45, 7) is 0. The lowest BCUT2D eigenvalue weighted by Crippen LogP contribution is -2.14. The van der Waals surface area contributed by atoms with E-state index in [2.05, 4.69) is 15.4 Å². The van der Waals surface area contributed by atoms with Crippen molar-refractivity contribution < 1.29 is 9.18 Å². The van der Waals surface area contributed by atoms with Crippen molar-refractivity contribution in [3.8, 4) is 5.69 Å². The van der Waals surface area contributed by atoms with E-state index in [1.165, 1.54) is 24.2 Å². The highest BCUT2D eigenvalue weighted by Crippen LogP contribution is 2.23. The standard InChI is InChI=1S/C17H15FN4OS/c18-13-5-1-4-8-16(13)24-10-9-17(23)21-14-6-2-3-7-15(14)22-12-19-11-20-22/h1-8,11-12H,9-10H2,(H,21,23). The third-order valence-corrected chi connectivity index (χ3v) is 4.32. The first kappa shape index (κ1) is 16.2. The van der Waals surface area contributed by atoms with Gasteiger partial charge >= 0.3 is 0 Å². The number of nitrogens with zero attached hydrogens (tertiary/aromatic N) is 3. The number of hydrogen-bond donors (Lipinski definition) is 1. The van der Waals surface area contributed by atoms with Gasteiger partial charge in [-0.3, -0.25) is 4.79 Å². The number of hydrogen-bond acceptors (Lipinski definition) is 4. The molecular weight excluding hydrogens is 327 g/mol. The molecular formula is C17H15FN4OS. The molecule has 0 unspecified atom stereocenters. The molecule has 1 aromatic heterocycles. The first-order valence-corrected chi connectivity index (χ1v) is 8.34. The highest BCUT2D eigenvalue weighted by Gasteiger charge is 2.09. The molecule has 122 valence electrons. The van der Waals surface area contributed by atoms with Crippen LogP contribution in [0.2, 0.25) is 0 Å². The molecule has 24 heavy (non-hydrogen) atoms. The van der Waals surface area contributed by atoms with Gasteiger partial charge in [0.15, 0.2) is 0 Å². The minimum Gasteiger partial charge on any atom is -0.324 e. The van der Waals surface area contributed by atoms with Crippen LogP contribution in [0.5, 0.6) is 0 Å². The highest BCUT2D eigenvalue weighted by molar-refractivity contribution is 7.99. The SMILES string of the molecule is O=C(CCSc1ccccc1F)Nc1ccccc1-n1cncn1. The molecule has 0 bridgehead atoms. The summed E-state index contributed by atoms with van der Waals surface area (Å²) in [5, 5.41) is 6.94. The molecule has 0 aliphatic heterocycles. The smallest absolute Gasteiger partial charge is 0.225 e. The minimum atomic E-state index is -0.264. The van der Waals surface area contributed by atoms with Crippen LogP contribution < -0.4 is 5.32 Å². The predicted molar refractivity (Wildman–Crippen MR) is 91.7 cm³/mol. The molecule has 0 aliphatic rings. The highest BCUT2D eigenvalue weighted by atomic mass is 32.2. The van der Waals surface area contributed by atoms with Crippen molar-refractivity contribution in [2.24, 2.45) is 0 Å². The Morgan fingerprint density at radius 1 is 1.17 bits per heavy atom. The van der Waals surface area contributed by atoms with E-state index in [9.17, 15) is 9.18 Å². The first-order valence-electron chi connectivity index (χ1n) is 7.35. The molecule has 1 heterocycles. The van der Waals surface area contributed by atoms with Crippen molar-refractivity contribution in [2.75, 3.05) is 11.1 Å². The van der Waals surface area contributed by atoms with E-state index in [-0.39, 0.29) is 18.1 Å². The van der Waals surface area contributed by atoms with Gasteiger partial charge in [0.05, 0.1) is 11.4 Å². The number of anilines is 1. The molecule has 0 spiro atoms. The van der Waals surface area contributed by atoms with E-state index in [1.54, 1.807) is 35.3 Å². The van der Waals surface area contributed by atoms with Gasteiger partial charge < -0.3 is 5.32 Å². The first-order chi connectivity index (χ1) is 11.7. The normalized spacial score (nSPS) is 10.5. The van der Waals surface area contributed by atoms with Gasteiger partial charge in [-0.1, -0.05) is 24.3 Å². The second-order valence-corrected chi connectivity index (χ2v) is 6.07. The van der Waals surface area contributed by atoms with E-state index in [0.29, 0.717) is 16.3 Å². The summed E-state index contributed by atoms with van der Waals surface area (Å²) in [6, 6.07) is 13.9. The fraction of sp³-hybridized carbons (Fsp3) is 0.118. The summed E-state index contributed by atoms with van der Waals surface area (Å²) in [7, 11) is 0. The lowest BCUT2D eigenvalue weighted by molar-refractivity contribution is -0.115. The minimum absolute atomic E-state index is 0.133. The Morgan fingerprint density at radius 3 is 2.75 bits per heavy atom. The fourth-order valence-corrected chi connectivity index (χ4v) is 3.03. The molecule has 1 amide bonds. The van der Waals surface area contributed by atoms with Gasteiger partial charge in [-0.25, -0.2) is 14.1 Å². The van der Waals surface area contributed by atoms with Crippen LogP contribution in [0, 0.1) is 5.82 Å². The van der Waals surface area contributed by atoms with Crippen LogP contribution in [0.15, 0.2) is 66.1 Å². The summed E-state index contributed by atoms with van der Waals surface area (Å²) < 4.78 is 15.1. The van der Waals surface area contributed by atoms with Gasteiger partial charge in [-0.05, 0) is 24.3 Å². The number of nitrogens with one attached hydrogen (secondary N) is 1. The second kappa shape index (κ2) is 7.74. The monoisotopic (exact) mass is 342 g/mol. The number of halogens is 1. The van der Waals surface area contributed by atoms with E-state index in [4.69, 9.17) is 0 Å². The Hall–Kier alpha value is -2.67. The summed E-state index contributed by atoms with van der Waals surface area (Å²) in [5.74, 6) is 0.101. The Bertz CT molecular complexity index is 823. The molecule has 0 atom stereocenters. The molecule has 5 nitrogen and oxygen atoms in total. The number of carbonyl (C=O) groups is 1. The van der Waals surface area contributed by atoms with Crippen molar-refractivity contribution in [2.45, 2.75) is 11.3 Å². The molecule has 2 aromatic carbocycles. The van der Waals surface area contributed by atoms with Crippen LogP contribution in [0.3, 0.4) is 0 Å². The Morgan fingerprint density at radius 2 is 1.96 bits per heavy atom. The maximum Gasteiger partial charge on any atom is 0.225 e. The van der Waals surface area contributed by atoms with E-state index in [1.807, 2.05) is 18.2 Å². The molecule has 1 N–H and O–H groups in total. The molecule has 3 aromatic rings. The Labute approximate surface area is 142 Å². The third-order valence-electron chi connectivity index (χ3n) is 3.27. The molecule has 7 heteroatoms. The topological polar surface area (TPSA) is 59.8 Å². The van der Waals surface area contributed by atoms with Gasteiger partial charge in [0, 0.05) is 17.1 Å². The van der Waals surface area contributed by atoms with Crippen LogP contribution >= 0.6 is 11.8 Å². The Kier molecular flexibility index (Phi) is 5.22. The number of benzene rings is 2. The quantitative estimate of drug-likeness (QED) is 0.696. The maximum atomic E-state index is 13.5. The summed E-state index contributed by atoms with van der Waals surface area (Å²) in [5.41, 5.74) is 1.40. The van der Waals surface area contributed by atoms with Crippen molar-refractivity contribution in [3.05, 3.63) is 67.0 Å². The zero-order valence-electron chi connectivity index (χ0n) is 12.7. The van der Waals surface area contributed by atoms with Crippen molar-refractivity contribution in [3.63, 3.8) is 0 Å². The van der Waals surface area contributed by atoms with Gasteiger partial charge in [0.25, 0.3) is 0 Å². The number of rotatable bonds is 6. The van der Waals surface area contributed by atoms with E-state index < -0.39 is 0 Å². The lowest BCUT2D eigenvalue weighted by Gasteiger charge is -2.10. The largest absolute Gasteiger partial charge is 0.324 e. The number of amides is 1. The van der Waals surface area contributed by atoms with Gasteiger partial charge in [-0.2, -0.15) is 5.10 Å². The molecule has 0 fully saturated rings. The molecule has 0 aliphatic carbocycles. The zero-order valence-corrected chi connectivity index (χ0v) is 13.5. The number of thioether (sulfide) groups is 1. The van der Waals surface area contributed by atoms with Crippen LogP contribution in [-0.4, -0.2) is 26.4 Å². The molecule has 3 rings (SSSR count). The number of para-hydroxylation sites is 2. The van der Waals surface area contributed by atoms with Gasteiger partial charge in [-0.15, -0.1) is 11.8 Å². The second-order valence-electron chi connectivity index (χ2n) is 4.93.